The minimum atomic E-state index is 0. The summed E-state index contributed by atoms with van der Waals surface area (Å²) in [5, 5.41) is 9.38. The van der Waals surface area contributed by atoms with Crippen molar-refractivity contribution in [3.05, 3.63) is 42.5 Å². The van der Waals surface area contributed by atoms with Crippen LogP contribution in [0.25, 0.3) is 0 Å². The number of halogens is 1. The van der Waals surface area contributed by atoms with Crippen LogP contribution in [-0.2, 0) is 11.3 Å². The summed E-state index contributed by atoms with van der Waals surface area (Å²) in [4.78, 5) is 16.2. The number of hydrogen-bond donors (Lipinski definition) is 3. The smallest absolute Gasteiger partial charge is 0.223 e. The van der Waals surface area contributed by atoms with E-state index >= 15 is 0 Å². The van der Waals surface area contributed by atoms with Gasteiger partial charge in [-0.1, -0.05) is 30.9 Å². The molecule has 1 fully saturated rings. The Morgan fingerprint density at radius 2 is 2.00 bits per heavy atom. The highest BCUT2D eigenvalue weighted by Gasteiger charge is 2.28. The highest BCUT2D eigenvalue weighted by molar-refractivity contribution is 14.0. The van der Waals surface area contributed by atoms with Crippen LogP contribution >= 0.6 is 24.0 Å². The predicted octanol–water partition coefficient (Wildman–Crippen LogP) is 2.45. The van der Waals surface area contributed by atoms with E-state index in [1.807, 2.05) is 31.2 Å². The van der Waals surface area contributed by atoms with E-state index < -0.39 is 0 Å². The maximum Gasteiger partial charge on any atom is 0.223 e. The van der Waals surface area contributed by atoms with Crippen molar-refractivity contribution >= 4 is 35.8 Å². The molecule has 1 aliphatic rings. The minimum Gasteiger partial charge on any atom is -0.489 e. The lowest BCUT2D eigenvalue weighted by molar-refractivity contribution is -0.122. The summed E-state index contributed by atoms with van der Waals surface area (Å²) >= 11 is 0. The van der Waals surface area contributed by atoms with Crippen molar-refractivity contribution in [3.8, 4) is 5.75 Å². The summed E-state index contributed by atoms with van der Waals surface area (Å²) in [5.41, 5.74) is 1.02. The Kier molecular flexibility index (Phi) is 10.8. The fourth-order valence-corrected chi connectivity index (χ4v) is 2.29. The molecular formula is C19H29IN4O2. The molecule has 1 saturated carbocycles. The van der Waals surface area contributed by atoms with Crippen molar-refractivity contribution in [1.29, 1.82) is 0 Å². The molecule has 0 saturated heterocycles. The molecule has 1 amide bonds. The molecule has 144 valence electrons. The van der Waals surface area contributed by atoms with Gasteiger partial charge in [-0.05, 0) is 25.8 Å². The van der Waals surface area contributed by atoms with Crippen LogP contribution in [0.3, 0.4) is 0 Å². The van der Waals surface area contributed by atoms with Crippen LogP contribution in [-0.4, -0.2) is 38.1 Å². The van der Waals surface area contributed by atoms with Crippen LogP contribution in [0.1, 0.15) is 25.3 Å². The second kappa shape index (κ2) is 12.6. The van der Waals surface area contributed by atoms with Gasteiger partial charge in [-0.3, -0.25) is 4.79 Å². The first-order valence-corrected chi connectivity index (χ1v) is 8.86. The Morgan fingerprint density at radius 3 is 2.69 bits per heavy atom. The van der Waals surface area contributed by atoms with Crippen LogP contribution in [0, 0.1) is 5.92 Å². The normalized spacial score (nSPS) is 13.3. The molecule has 1 aromatic rings. The first kappa shape index (κ1) is 22.3. The van der Waals surface area contributed by atoms with Crippen molar-refractivity contribution in [3.63, 3.8) is 0 Å². The molecule has 1 aromatic carbocycles. The molecule has 0 aliphatic heterocycles. The van der Waals surface area contributed by atoms with Crippen molar-refractivity contribution in [2.45, 2.75) is 26.3 Å². The monoisotopic (exact) mass is 472 g/mol. The van der Waals surface area contributed by atoms with Crippen molar-refractivity contribution in [1.82, 2.24) is 16.0 Å². The number of carbonyl (C=O) groups excluding carboxylic acids is 1. The Balaban J connectivity index is 0.00000338. The number of rotatable bonds is 10. The quantitative estimate of drug-likeness (QED) is 0.161. The Bertz CT molecular complexity index is 603. The lowest BCUT2D eigenvalue weighted by atomic mass is 10.2. The van der Waals surface area contributed by atoms with E-state index in [2.05, 4.69) is 27.5 Å². The summed E-state index contributed by atoms with van der Waals surface area (Å²) < 4.78 is 5.66. The molecule has 2 rings (SSSR count). The van der Waals surface area contributed by atoms with Gasteiger partial charge in [-0.15, -0.1) is 24.0 Å². The van der Waals surface area contributed by atoms with Gasteiger partial charge in [0.25, 0.3) is 0 Å². The lowest BCUT2D eigenvalue weighted by Gasteiger charge is -2.13. The molecule has 0 bridgehead atoms. The first-order chi connectivity index (χ1) is 12.2. The van der Waals surface area contributed by atoms with Crippen molar-refractivity contribution in [2.24, 2.45) is 10.9 Å². The van der Waals surface area contributed by atoms with Crippen LogP contribution in [0.15, 0.2) is 41.9 Å². The molecule has 3 N–H and O–H groups in total. The van der Waals surface area contributed by atoms with Gasteiger partial charge >= 0.3 is 0 Å². The number of para-hydroxylation sites is 1. The summed E-state index contributed by atoms with van der Waals surface area (Å²) in [6.45, 7) is 8.68. The number of benzene rings is 1. The highest BCUT2D eigenvalue weighted by atomic mass is 127. The number of amides is 1. The first-order valence-electron chi connectivity index (χ1n) is 8.86. The predicted molar refractivity (Wildman–Crippen MR) is 116 cm³/mol. The third kappa shape index (κ3) is 8.07. The second-order valence-electron chi connectivity index (χ2n) is 5.89. The molecule has 0 unspecified atom stereocenters. The molecule has 6 nitrogen and oxygen atoms in total. The Labute approximate surface area is 172 Å². The van der Waals surface area contributed by atoms with Crippen LogP contribution in [0.2, 0.25) is 0 Å². The number of nitrogens with one attached hydrogen (secondary N) is 3. The average Bonchev–Trinajstić information content (AvgIpc) is 3.47. The number of nitrogens with zero attached hydrogens (tertiary/aromatic N) is 1. The SMILES string of the molecule is C=CCOc1ccccc1CN=C(NCC)NCCNC(=O)C1CC1.I. The molecule has 26 heavy (non-hydrogen) atoms. The number of guanidine groups is 1. The molecule has 0 spiro atoms. The van der Waals surface area contributed by atoms with E-state index in [0.29, 0.717) is 26.2 Å². The van der Waals surface area contributed by atoms with Crippen molar-refractivity contribution < 1.29 is 9.53 Å². The highest BCUT2D eigenvalue weighted by Crippen LogP contribution is 2.28. The fourth-order valence-electron chi connectivity index (χ4n) is 2.29. The molecule has 1 aliphatic carbocycles. The Morgan fingerprint density at radius 1 is 1.27 bits per heavy atom. The second-order valence-corrected chi connectivity index (χ2v) is 5.89. The fraction of sp³-hybridized carbons (Fsp3) is 0.474. The Hall–Kier alpha value is -1.77. The van der Waals surface area contributed by atoms with Gasteiger partial charge in [-0.2, -0.15) is 0 Å². The van der Waals surface area contributed by atoms with E-state index in [-0.39, 0.29) is 35.8 Å². The van der Waals surface area contributed by atoms with Gasteiger partial charge in [0, 0.05) is 31.1 Å². The number of ether oxygens (including phenoxy) is 1. The molecule has 0 heterocycles. The van der Waals surface area contributed by atoms with Gasteiger partial charge in [0.05, 0.1) is 6.54 Å². The minimum absolute atomic E-state index is 0. The van der Waals surface area contributed by atoms with E-state index in [1.54, 1.807) is 6.08 Å². The van der Waals surface area contributed by atoms with E-state index in [9.17, 15) is 4.79 Å². The van der Waals surface area contributed by atoms with Gasteiger partial charge < -0.3 is 20.7 Å². The average molecular weight is 472 g/mol. The van der Waals surface area contributed by atoms with Crippen molar-refractivity contribution in [2.75, 3.05) is 26.2 Å². The van der Waals surface area contributed by atoms with Gasteiger partial charge in [0.1, 0.15) is 12.4 Å². The maximum absolute atomic E-state index is 11.6. The maximum atomic E-state index is 11.6. The zero-order valence-corrected chi connectivity index (χ0v) is 17.6. The van der Waals surface area contributed by atoms with E-state index in [1.165, 1.54) is 0 Å². The van der Waals surface area contributed by atoms with Gasteiger partial charge in [-0.25, -0.2) is 4.99 Å². The summed E-state index contributed by atoms with van der Waals surface area (Å²) in [6, 6.07) is 7.85. The molecule has 0 radical (unpaired) electrons. The van der Waals surface area contributed by atoms with E-state index in [4.69, 9.17) is 4.74 Å². The molecular weight excluding hydrogens is 443 g/mol. The third-order valence-corrected chi connectivity index (χ3v) is 3.75. The van der Waals surface area contributed by atoms with Gasteiger partial charge in [0.2, 0.25) is 5.91 Å². The number of carbonyl (C=O) groups is 1. The third-order valence-electron chi connectivity index (χ3n) is 3.75. The zero-order chi connectivity index (χ0) is 17.9. The summed E-state index contributed by atoms with van der Waals surface area (Å²) in [7, 11) is 0. The molecule has 0 aromatic heterocycles. The topological polar surface area (TPSA) is 74.8 Å². The standard InChI is InChI=1S/C19H28N4O2.HI/c1-3-13-25-17-8-6-5-7-16(17)14-23-19(20-4-2)22-12-11-21-18(24)15-9-10-15;/h3,5-8,15H,1,4,9-14H2,2H3,(H,21,24)(H2,20,22,23);1H. The number of aliphatic imine (C=N–C) groups is 1. The lowest BCUT2D eigenvalue weighted by Crippen LogP contribution is -2.41. The van der Waals surface area contributed by atoms with Crippen LogP contribution in [0.4, 0.5) is 0 Å². The summed E-state index contributed by atoms with van der Waals surface area (Å²) in [5.74, 6) is 1.95. The number of hydrogen-bond acceptors (Lipinski definition) is 3. The molecule has 7 heteroatoms. The summed E-state index contributed by atoms with van der Waals surface area (Å²) in [6.07, 6.45) is 3.77. The molecule has 0 atom stereocenters. The van der Waals surface area contributed by atoms with Crippen LogP contribution < -0.4 is 20.7 Å². The van der Waals surface area contributed by atoms with E-state index in [0.717, 1.165) is 36.7 Å². The largest absolute Gasteiger partial charge is 0.489 e. The van der Waals surface area contributed by atoms with Gasteiger partial charge in [0.15, 0.2) is 5.96 Å². The van der Waals surface area contributed by atoms with Crippen LogP contribution in [0.5, 0.6) is 5.75 Å². The zero-order valence-electron chi connectivity index (χ0n) is 15.3.